The summed E-state index contributed by atoms with van der Waals surface area (Å²) in [7, 11) is -3.78. The number of sulfonamides is 1. The van der Waals surface area contributed by atoms with Gasteiger partial charge in [-0.05, 0) is 42.5 Å². The number of nitrogens with zero attached hydrogens (tertiary/aromatic N) is 2. The second kappa shape index (κ2) is 7.91. The van der Waals surface area contributed by atoms with Crippen LogP contribution in [0.4, 0.5) is 10.1 Å². The van der Waals surface area contributed by atoms with Crippen LogP contribution >= 0.6 is 11.8 Å². The van der Waals surface area contributed by atoms with Crippen LogP contribution in [0.25, 0.3) is 5.69 Å². The summed E-state index contributed by atoms with van der Waals surface area (Å²) in [4.78, 5) is 16.3. The normalized spacial score (nSPS) is 11.3. The van der Waals surface area contributed by atoms with Crippen molar-refractivity contribution in [3.8, 4) is 5.69 Å². The van der Waals surface area contributed by atoms with E-state index in [0.29, 0.717) is 16.5 Å². The molecule has 0 spiro atoms. The Balaban J connectivity index is 1.63. The zero-order valence-electron chi connectivity index (χ0n) is 13.9. The first-order chi connectivity index (χ1) is 12.8. The minimum atomic E-state index is -3.78. The molecular formula is C17H15FN4O3S2. The lowest BCUT2D eigenvalue weighted by Crippen LogP contribution is -2.15. The van der Waals surface area contributed by atoms with Crippen LogP contribution in [-0.4, -0.2) is 29.6 Å². The maximum absolute atomic E-state index is 13.4. The average Bonchev–Trinajstić information content (AvgIpc) is 3.08. The van der Waals surface area contributed by atoms with E-state index in [-0.39, 0.29) is 22.4 Å². The molecule has 2 aromatic carbocycles. The number of rotatable bonds is 6. The van der Waals surface area contributed by atoms with Gasteiger partial charge in [0.15, 0.2) is 5.16 Å². The summed E-state index contributed by atoms with van der Waals surface area (Å²) in [5, 5.41) is 8.23. The predicted molar refractivity (Wildman–Crippen MR) is 101 cm³/mol. The van der Waals surface area contributed by atoms with Crippen LogP contribution in [-0.2, 0) is 14.8 Å². The van der Waals surface area contributed by atoms with Crippen molar-refractivity contribution in [2.75, 3.05) is 11.1 Å². The lowest BCUT2D eigenvalue weighted by molar-refractivity contribution is -0.113. The molecule has 0 fully saturated rings. The van der Waals surface area contributed by atoms with Gasteiger partial charge in [-0.3, -0.25) is 9.36 Å². The predicted octanol–water partition coefficient (Wildman–Crippen LogP) is 2.39. The molecular weight excluding hydrogens is 391 g/mol. The molecule has 0 bridgehead atoms. The summed E-state index contributed by atoms with van der Waals surface area (Å²) in [6.45, 7) is 0. The number of primary sulfonamides is 1. The summed E-state index contributed by atoms with van der Waals surface area (Å²) in [5.74, 6) is -0.585. The molecule has 3 rings (SSSR count). The molecule has 0 atom stereocenters. The van der Waals surface area contributed by atoms with E-state index in [1.807, 2.05) is 0 Å². The monoisotopic (exact) mass is 406 g/mol. The van der Waals surface area contributed by atoms with Gasteiger partial charge < -0.3 is 5.32 Å². The number of anilines is 1. The second-order valence-corrected chi connectivity index (χ2v) is 7.97. The Morgan fingerprint density at radius 2 is 1.96 bits per heavy atom. The van der Waals surface area contributed by atoms with Crippen LogP contribution in [0.5, 0.6) is 0 Å². The number of thioether (sulfide) groups is 1. The summed E-state index contributed by atoms with van der Waals surface area (Å²) in [6.07, 6.45) is 3.25. The van der Waals surface area contributed by atoms with Crippen molar-refractivity contribution in [2.45, 2.75) is 10.1 Å². The fourth-order valence-corrected chi connectivity index (χ4v) is 3.56. The highest BCUT2D eigenvalue weighted by molar-refractivity contribution is 7.99. The second-order valence-electron chi connectivity index (χ2n) is 5.47. The third kappa shape index (κ3) is 4.94. The first-order valence-electron chi connectivity index (χ1n) is 7.68. The number of hydrogen-bond acceptors (Lipinski definition) is 5. The Bertz CT molecular complexity index is 1070. The van der Waals surface area contributed by atoms with Gasteiger partial charge in [-0.15, -0.1) is 0 Å². The lowest BCUT2D eigenvalue weighted by atomic mass is 10.3. The van der Waals surface area contributed by atoms with Gasteiger partial charge >= 0.3 is 0 Å². The van der Waals surface area contributed by atoms with Crippen molar-refractivity contribution in [1.29, 1.82) is 0 Å². The van der Waals surface area contributed by atoms with E-state index in [9.17, 15) is 17.6 Å². The number of nitrogens with one attached hydrogen (secondary N) is 1. The fraction of sp³-hybridized carbons (Fsp3) is 0.0588. The molecule has 140 valence electrons. The molecule has 0 saturated heterocycles. The Kier molecular flexibility index (Phi) is 5.59. The van der Waals surface area contributed by atoms with Gasteiger partial charge in [0.1, 0.15) is 5.82 Å². The molecule has 3 N–H and O–H groups in total. The zero-order chi connectivity index (χ0) is 19.4. The number of nitrogens with two attached hydrogens (primary N) is 1. The number of imidazole rings is 1. The Labute approximate surface area is 159 Å². The van der Waals surface area contributed by atoms with Gasteiger partial charge in [-0.2, -0.15) is 0 Å². The summed E-state index contributed by atoms with van der Waals surface area (Å²) < 4.78 is 37.5. The number of carbonyl (C=O) groups is 1. The first kappa shape index (κ1) is 19.1. The van der Waals surface area contributed by atoms with Crippen LogP contribution in [0.1, 0.15) is 0 Å². The van der Waals surface area contributed by atoms with E-state index < -0.39 is 10.0 Å². The summed E-state index contributed by atoms with van der Waals surface area (Å²) in [5.41, 5.74) is 1.05. The van der Waals surface area contributed by atoms with Crippen molar-refractivity contribution >= 4 is 33.4 Å². The minimum Gasteiger partial charge on any atom is -0.325 e. The smallest absolute Gasteiger partial charge is 0.238 e. The third-order valence-corrected chi connectivity index (χ3v) is 5.39. The van der Waals surface area contributed by atoms with E-state index >= 15 is 0 Å². The summed E-state index contributed by atoms with van der Waals surface area (Å²) >= 11 is 1.19. The number of halogens is 1. The number of hydrogen-bond donors (Lipinski definition) is 2. The maximum Gasteiger partial charge on any atom is 0.238 e. The van der Waals surface area contributed by atoms with Crippen LogP contribution in [0, 0.1) is 5.82 Å². The third-order valence-electron chi connectivity index (χ3n) is 3.49. The van der Waals surface area contributed by atoms with E-state index in [4.69, 9.17) is 5.14 Å². The molecule has 1 heterocycles. The molecule has 0 aliphatic carbocycles. The quantitative estimate of drug-likeness (QED) is 0.611. The Morgan fingerprint density at radius 3 is 2.63 bits per heavy atom. The van der Waals surface area contributed by atoms with E-state index in [1.54, 1.807) is 29.1 Å². The van der Waals surface area contributed by atoms with Gasteiger partial charge in [-0.25, -0.2) is 22.9 Å². The van der Waals surface area contributed by atoms with E-state index in [2.05, 4.69) is 10.3 Å². The van der Waals surface area contributed by atoms with Crippen molar-refractivity contribution in [1.82, 2.24) is 9.55 Å². The number of benzene rings is 2. The first-order valence-corrected chi connectivity index (χ1v) is 10.2. The minimum absolute atomic E-state index is 0.0352. The molecule has 27 heavy (non-hydrogen) atoms. The van der Waals surface area contributed by atoms with Crippen LogP contribution in [0.3, 0.4) is 0 Å². The fourth-order valence-electron chi connectivity index (χ4n) is 2.27. The van der Waals surface area contributed by atoms with E-state index in [0.717, 1.165) is 0 Å². The Morgan fingerprint density at radius 1 is 1.22 bits per heavy atom. The van der Waals surface area contributed by atoms with Crippen LogP contribution in [0.15, 0.2) is 71.0 Å². The summed E-state index contributed by atoms with van der Waals surface area (Å²) in [6, 6.07) is 11.6. The van der Waals surface area contributed by atoms with Gasteiger partial charge in [0.25, 0.3) is 0 Å². The van der Waals surface area contributed by atoms with Crippen LogP contribution < -0.4 is 10.5 Å². The molecule has 7 nitrogen and oxygen atoms in total. The molecule has 0 radical (unpaired) electrons. The van der Waals surface area contributed by atoms with Gasteiger partial charge in [0.2, 0.25) is 15.9 Å². The van der Waals surface area contributed by atoms with Crippen molar-refractivity contribution in [3.05, 3.63) is 66.7 Å². The molecule has 0 aliphatic heterocycles. The number of aromatic nitrogens is 2. The van der Waals surface area contributed by atoms with Gasteiger partial charge in [-0.1, -0.05) is 17.8 Å². The molecule has 0 unspecified atom stereocenters. The van der Waals surface area contributed by atoms with Crippen molar-refractivity contribution in [3.63, 3.8) is 0 Å². The number of carbonyl (C=O) groups excluding carboxylic acids is 1. The SMILES string of the molecule is NS(=O)(=O)c1ccc(NC(=O)CSc2nccn2-c2cccc(F)c2)cc1. The topological polar surface area (TPSA) is 107 Å². The highest BCUT2D eigenvalue weighted by atomic mass is 32.2. The highest BCUT2D eigenvalue weighted by Gasteiger charge is 2.11. The van der Waals surface area contributed by atoms with Crippen molar-refractivity contribution in [2.24, 2.45) is 5.14 Å². The molecule has 1 amide bonds. The molecule has 0 saturated carbocycles. The molecule has 3 aromatic rings. The molecule has 10 heteroatoms. The standard InChI is InChI=1S/C17H15FN4O3S2/c18-12-2-1-3-14(10-12)22-9-8-20-17(22)26-11-16(23)21-13-4-6-15(7-5-13)27(19,24)25/h1-10H,11H2,(H,21,23)(H2,19,24,25). The maximum atomic E-state index is 13.4. The molecule has 0 aliphatic rings. The van der Waals surface area contributed by atoms with Gasteiger partial charge in [0, 0.05) is 18.1 Å². The van der Waals surface area contributed by atoms with Gasteiger partial charge in [0.05, 0.1) is 16.3 Å². The zero-order valence-corrected chi connectivity index (χ0v) is 15.5. The molecule has 1 aromatic heterocycles. The highest BCUT2D eigenvalue weighted by Crippen LogP contribution is 2.21. The largest absolute Gasteiger partial charge is 0.325 e. The Hall–Kier alpha value is -2.69. The lowest BCUT2D eigenvalue weighted by Gasteiger charge is -2.08. The number of amides is 1. The average molecular weight is 406 g/mol. The van der Waals surface area contributed by atoms with Crippen molar-refractivity contribution < 1.29 is 17.6 Å². The van der Waals surface area contributed by atoms with Crippen LogP contribution in [0.2, 0.25) is 0 Å². The van der Waals surface area contributed by atoms with E-state index in [1.165, 1.54) is 48.2 Å².